The number of hydrogen-bond donors (Lipinski definition) is 2. The zero-order valence-electron chi connectivity index (χ0n) is 19.7. The van der Waals surface area contributed by atoms with E-state index >= 15 is 0 Å². The first kappa shape index (κ1) is 23.1. The average molecular weight is 524 g/mol. The third kappa shape index (κ3) is 4.62. The molecule has 6 aromatic rings. The molecule has 1 atom stereocenters. The van der Waals surface area contributed by atoms with Gasteiger partial charge in [-0.3, -0.25) is 14.0 Å². The summed E-state index contributed by atoms with van der Waals surface area (Å²) in [6, 6.07) is 22.5. The number of amides is 2. The lowest BCUT2D eigenvalue weighted by molar-refractivity contribution is 0.0939. The number of nitrogens with zero attached hydrogens (tertiary/aromatic N) is 3. The molecule has 2 amide bonds. The van der Waals surface area contributed by atoms with Gasteiger partial charge in [-0.1, -0.05) is 48.5 Å². The van der Waals surface area contributed by atoms with E-state index in [1.807, 2.05) is 89.8 Å². The first-order valence-electron chi connectivity index (χ1n) is 11.6. The molecule has 0 fully saturated rings. The Hall–Kier alpha value is -4.34. The van der Waals surface area contributed by atoms with E-state index in [4.69, 9.17) is 0 Å². The van der Waals surface area contributed by atoms with E-state index in [1.54, 1.807) is 23.5 Å². The number of aromatic nitrogens is 3. The summed E-state index contributed by atoms with van der Waals surface area (Å²) in [4.78, 5) is 36.1. The van der Waals surface area contributed by atoms with Gasteiger partial charge in [0.1, 0.15) is 0 Å². The molecule has 0 bridgehead atoms. The molecule has 1 unspecified atom stereocenters. The van der Waals surface area contributed by atoms with Crippen LogP contribution in [0.1, 0.15) is 38.7 Å². The Balaban J connectivity index is 1.21. The molecule has 0 saturated heterocycles. The van der Waals surface area contributed by atoms with Crippen molar-refractivity contribution < 1.29 is 9.59 Å². The van der Waals surface area contributed by atoms with E-state index in [0.29, 0.717) is 21.8 Å². The second kappa shape index (κ2) is 9.61. The maximum atomic E-state index is 13.2. The lowest BCUT2D eigenvalue weighted by atomic mass is 10.0. The van der Waals surface area contributed by atoms with Gasteiger partial charge in [0.25, 0.3) is 11.8 Å². The Morgan fingerprint density at radius 1 is 0.946 bits per heavy atom. The summed E-state index contributed by atoms with van der Waals surface area (Å²) < 4.78 is 2.76. The Bertz CT molecular complexity index is 1720. The molecule has 0 aliphatic rings. The van der Waals surface area contributed by atoms with Crippen LogP contribution in [0.5, 0.6) is 0 Å². The minimum absolute atomic E-state index is 0.137. The lowest BCUT2D eigenvalue weighted by Crippen LogP contribution is -2.26. The molecule has 3 aromatic heterocycles. The van der Waals surface area contributed by atoms with Crippen molar-refractivity contribution in [3.8, 4) is 11.3 Å². The van der Waals surface area contributed by atoms with E-state index < -0.39 is 0 Å². The molecule has 182 valence electrons. The van der Waals surface area contributed by atoms with E-state index in [0.717, 1.165) is 26.5 Å². The second-order valence-electron chi connectivity index (χ2n) is 8.53. The van der Waals surface area contributed by atoms with E-state index in [9.17, 15) is 9.59 Å². The third-order valence-electron chi connectivity index (χ3n) is 6.03. The number of nitrogens with one attached hydrogen (secondary N) is 2. The standard InChI is InChI=1S/C28H21N5O2S2/c1-17(18-7-3-2-4-8-18)29-26(35)27-31-22-12-11-19(15-24(22)37-27)30-25(34)21-10-6-5-9-20(21)23-16-33-13-14-36-28(33)32-23/h2-17H,1H3,(H,29,35)(H,30,34). The van der Waals surface area contributed by atoms with Gasteiger partial charge in [0.05, 0.1) is 22.0 Å². The van der Waals surface area contributed by atoms with E-state index in [1.165, 1.54) is 11.3 Å². The van der Waals surface area contributed by atoms with Crippen LogP contribution < -0.4 is 10.6 Å². The van der Waals surface area contributed by atoms with Crippen molar-refractivity contribution in [1.29, 1.82) is 0 Å². The number of anilines is 1. The van der Waals surface area contributed by atoms with E-state index in [2.05, 4.69) is 20.6 Å². The summed E-state index contributed by atoms with van der Waals surface area (Å²) in [6.07, 6.45) is 3.87. The molecule has 3 aromatic carbocycles. The highest BCUT2D eigenvalue weighted by Crippen LogP contribution is 2.28. The molecule has 7 nitrogen and oxygen atoms in total. The highest BCUT2D eigenvalue weighted by molar-refractivity contribution is 7.20. The van der Waals surface area contributed by atoms with Crippen LogP contribution in [0.2, 0.25) is 0 Å². The summed E-state index contributed by atoms with van der Waals surface area (Å²) >= 11 is 2.84. The zero-order valence-corrected chi connectivity index (χ0v) is 21.3. The molecule has 0 saturated carbocycles. The van der Waals surface area contributed by atoms with Crippen LogP contribution in [-0.4, -0.2) is 26.2 Å². The Kier molecular flexibility index (Phi) is 5.99. The van der Waals surface area contributed by atoms with E-state index in [-0.39, 0.29) is 17.9 Å². The number of hydrogen-bond acceptors (Lipinski definition) is 6. The topological polar surface area (TPSA) is 88.4 Å². The molecular weight excluding hydrogens is 502 g/mol. The van der Waals surface area contributed by atoms with Gasteiger partial charge >= 0.3 is 0 Å². The quantitative estimate of drug-likeness (QED) is 0.264. The fourth-order valence-corrected chi connectivity index (χ4v) is 5.75. The number of benzene rings is 3. The van der Waals surface area contributed by atoms with Gasteiger partial charge in [-0.15, -0.1) is 22.7 Å². The van der Waals surface area contributed by atoms with Crippen molar-refractivity contribution >= 4 is 55.4 Å². The van der Waals surface area contributed by atoms with Crippen LogP contribution in [0.15, 0.2) is 90.6 Å². The fourth-order valence-electron chi connectivity index (χ4n) is 4.14. The van der Waals surface area contributed by atoms with Crippen LogP contribution >= 0.6 is 22.7 Å². The molecule has 2 N–H and O–H groups in total. The van der Waals surface area contributed by atoms with Gasteiger partial charge in [0, 0.05) is 34.6 Å². The first-order chi connectivity index (χ1) is 18.0. The highest BCUT2D eigenvalue weighted by atomic mass is 32.1. The Labute approximate surface area is 220 Å². The van der Waals surface area contributed by atoms with Gasteiger partial charge in [0.2, 0.25) is 0 Å². The van der Waals surface area contributed by atoms with Gasteiger partial charge < -0.3 is 10.6 Å². The van der Waals surface area contributed by atoms with Crippen LogP contribution in [0.3, 0.4) is 0 Å². The number of rotatable bonds is 6. The van der Waals surface area contributed by atoms with Gasteiger partial charge in [-0.2, -0.15) is 0 Å². The molecule has 0 radical (unpaired) electrons. The average Bonchev–Trinajstić information content (AvgIpc) is 3.64. The molecule has 0 spiro atoms. The normalized spacial score (nSPS) is 12.0. The van der Waals surface area contributed by atoms with Crippen molar-refractivity contribution in [2.45, 2.75) is 13.0 Å². The SMILES string of the molecule is CC(NC(=O)c1nc2ccc(NC(=O)c3ccccc3-c3cn4ccsc4n3)cc2s1)c1ccccc1. The molecule has 0 aliphatic carbocycles. The monoisotopic (exact) mass is 523 g/mol. The second-order valence-corrected chi connectivity index (χ2v) is 10.4. The molecular formula is C28H21N5O2S2. The van der Waals surface area contributed by atoms with Gasteiger partial charge in [-0.05, 0) is 36.8 Å². The van der Waals surface area contributed by atoms with Crippen molar-refractivity contribution in [2.24, 2.45) is 0 Å². The third-order valence-corrected chi connectivity index (χ3v) is 7.82. The molecule has 6 rings (SSSR count). The molecule has 0 aliphatic heterocycles. The van der Waals surface area contributed by atoms with Crippen LogP contribution in [0.4, 0.5) is 5.69 Å². The predicted molar refractivity (Wildman–Crippen MR) is 148 cm³/mol. The number of fused-ring (bicyclic) bond motifs is 2. The van der Waals surface area contributed by atoms with Gasteiger partial charge in [0.15, 0.2) is 9.97 Å². The summed E-state index contributed by atoms with van der Waals surface area (Å²) in [6.45, 7) is 1.94. The first-order valence-corrected chi connectivity index (χ1v) is 13.3. The number of imidazole rings is 1. The van der Waals surface area contributed by atoms with Crippen molar-refractivity contribution in [1.82, 2.24) is 19.7 Å². The Morgan fingerprint density at radius 2 is 1.76 bits per heavy atom. The van der Waals surface area contributed by atoms with Gasteiger partial charge in [-0.25, -0.2) is 9.97 Å². The Morgan fingerprint density at radius 3 is 2.59 bits per heavy atom. The van der Waals surface area contributed by atoms with Crippen LogP contribution in [-0.2, 0) is 0 Å². The maximum absolute atomic E-state index is 13.2. The fraction of sp³-hybridized carbons (Fsp3) is 0.0714. The largest absolute Gasteiger partial charge is 0.343 e. The predicted octanol–water partition coefficient (Wildman–Crippen LogP) is 6.42. The molecule has 37 heavy (non-hydrogen) atoms. The van der Waals surface area contributed by atoms with Crippen LogP contribution in [0, 0.1) is 0 Å². The maximum Gasteiger partial charge on any atom is 0.280 e. The highest BCUT2D eigenvalue weighted by Gasteiger charge is 2.18. The van der Waals surface area contributed by atoms with Crippen molar-refractivity contribution in [3.05, 3.63) is 107 Å². The number of thiazole rings is 2. The summed E-state index contributed by atoms with van der Waals surface area (Å²) in [7, 11) is 0. The zero-order chi connectivity index (χ0) is 25.4. The van der Waals surface area contributed by atoms with Crippen LogP contribution in [0.25, 0.3) is 26.4 Å². The van der Waals surface area contributed by atoms with Crippen molar-refractivity contribution in [3.63, 3.8) is 0 Å². The minimum Gasteiger partial charge on any atom is -0.343 e. The number of carbonyl (C=O) groups excluding carboxylic acids is 2. The smallest absolute Gasteiger partial charge is 0.280 e. The number of carbonyl (C=O) groups is 2. The lowest BCUT2D eigenvalue weighted by Gasteiger charge is -2.12. The summed E-state index contributed by atoms with van der Waals surface area (Å²) in [5.41, 5.74) is 4.41. The summed E-state index contributed by atoms with van der Waals surface area (Å²) in [5, 5.41) is 8.34. The summed E-state index contributed by atoms with van der Waals surface area (Å²) in [5.74, 6) is -0.456. The minimum atomic E-state index is -0.231. The van der Waals surface area contributed by atoms with Crippen molar-refractivity contribution in [2.75, 3.05) is 5.32 Å². The molecule has 9 heteroatoms. The molecule has 3 heterocycles.